The summed E-state index contributed by atoms with van der Waals surface area (Å²) in [6.07, 6.45) is 11.3. The lowest BCUT2D eigenvalue weighted by molar-refractivity contribution is -0.108. The molecule has 0 heterocycles. The third kappa shape index (κ3) is 3.93. The monoisotopic (exact) mass is 182 g/mol. The largest absolute Gasteiger partial charge is 0.303 e. The molecule has 0 spiro atoms. The highest BCUT2D eigenvalue weighted by molar-refractivity contribution is 5.48. The molecule has 0 saturated heterocycles. The molecule has 0 radical (unpaired) electrons. The van der Waals surface area contributed by atoms with Crippen molar-refractivity contribution in [2.75, 3.05) is 0 Å². The van der Waals surface area contributed by atoms with E-state index in [2.05, 4.69) is 6.92 Å². The average Bonchev–Trinajstić information content (AvgIpc) is 2.19. The maximum atomic E-state index is 10.1. The van der Waals surface area contributed by atoms with E-state index in [1.54, 1.807) is 0 Å². The van der Waals surface area contributed by atoms with Crippen LogP contribution in [0, 0.1) is 11.8 Å². The van der Waals surface area contributed by atoms with Gasteiger partial charge in [-0.2, -0.15) is 0 Å². The van der Waals surface area contributed by atoms with Gasteiger partial charge in [-0.05, 0) is 18.3 Å². The molecule has 1 rings (SSSR count). The van der Waals surface area contributed by atoms with Gasteiger partial charge in [0.25, 0.3) is 0 Å². The van der Waals surface area contributed by atoms with Crippen LogP contribution in [0.1, 0.15) is 58.3 Å². The van der Waals surface area contributed by atoms with Crippen molar-refractivity contribution in [3.05, 3.63) is 0 Å². The van der Waals surface area contributed by atoms with Gasteiger partial charge in [0, 0.05) is 6.42 Å². The molecule has 0 unspecified atom stereocenters. The van der Waals surface area contributed by atoms with Crippen LogP contribution in [0.15, 0.2) is 0 Å². The zero-order valence-electron chi connectivity index (χ0n) is 8.80. The van der Waals surface area contributed by atoms with Gasteiger partial charge in [-0.1, -0.05) is 45.4 Å². The number of carbonyl (C=O) groups excluding carboxylic acids is 1. The lowest BCUT2D eigenvalue weighted by Gasteiger charge is -2.27. The molecule has 1 aliphatic carbocycles. The van der Waals surface area contributed by atoms with Crippen molar-refractivity contribution in [2.45, 2.75) is 58.3 Å². The summed E-state index contributed by atoms with van der Waals surface area (Å²) in [7, 11) is 0. The fraction of sp³-hybridized carbons (Fsp3) is 0.917. The Labute approximate surface area is 81.9 Å². The summed E-state index contributed by atoms with van der Waals surface area (Å²) in [5.74, 6) is 1.94. The lowest BCUT2D eigenvalue weighted by Crippen LogP contribution is -2.13. The van der Waals surface area contributed by atoms with Crippen molar-refractivity contribution in [2.24, 2.45) is 11.8 Å². The second kappa shape index (κ2) is 6.17. The maximum absolute atomic E-state index is 10.1. The van der Waals surface area contributed by atoms with E-state index in [0.717, 1.165) is 31.0 Å². The van der Waals surface area contributed by atoms with Crippen molar-refractivity contribution in [1.29, 1.82) is 0 Å². The van der Waals surface area contributed by atoms with E-state index >= 15 is 0 Å². The molecular formula is C12H22O. The highest BCUT2D eigenvalue weighted by Gasteiger charge is 2.19. The SMILES string of the molecule is CCC1CCC(CCCC=O)CC1. The zero-order chi connectivity index (χ0) is 9.52. The standard InChI is InChI=1S/C12H22O/c1-2-11-6-8-12(9-7-11)5-3-4-10-13/h10-12H,2-9H2,1H3. The molecular weight excluding hydrogens is 160 g/mol. The van der Waals surface area contributed by atoms with Crippen LogP contribution in [0.3, 0.4) is 0 Å². The molecule has 0 atom stereocenters. The van der Waals surface area contributed by atoms with Gasteiger partial charge in [0.05, 0.1) is 0 Å². The van der Waals surface area contributed by atoms with Crippen molar-refractivity contribution in [3.8, 4) is 0 Å². The van der Waals surface area contributed by atoms with Gasteiger partial charge in [0.2, 0.25) is 0 Å². The minimum atomic E-state index is 0.772. The molecule has 1 nitrogen and oxygen atoms in total. The Morgan fingerprint density at radius 2 is 1.77 bits per heavy atom. The highest BCUT2D eigenvalue weighted by Crippen LogP contribution is 2.32. The molecule has 0 N–H and O–H groups in total. The summed E-state index contributed by atoms with van der Waals surface area (Å²) in [6, 6.07) is 0. The first-order valence-corrected chi connectivity index (χ1v) is 5.80. The predicted octanol–water partition coefficient (Wildman–Crippen LogP) is 3.57. The third-order valence-corrected chi connectivity index (χ3v) is 3.48. The second-order valence-corrected chi connectivity index (χ2v) is 4.39. The van der Waals surface area contributed by atoms with Gasteiger partial charge in [-0.15, -0.1) is 0 Å². The minimum absolute atomic E-state index is 0.772. The summed E-state index contributed by atoms with van der Waals surface area (Å²) in [4.78, 5) is 10.1. The van der Waals surface area contributed by atoms with E-state index in [4.69, 9.17) is 0 Å². The molecule has 1 saturated carbocycles. The molecule has 0 aromatic carbocycles. The number of hydrogen-bond acceptors (Lipinski definition) is 1. The van der Waals surface area contributed by atoms with Crippen LogP contribution in [0.25, 0.3) is 0 Å². The fourth-order valence-corrected chi connectivity index (χ4v) is 2.42. The van der Waals surface area contributed by atoms with Gasteiger partial charge in [-0.3, -0.25) is 0 Å². The summed E-state index contributed by atoms with van der Waals surface area (Å²) in [6.45, 7) is 2.30. The molecule has 0 bridgehead atoms. The second-order valence-electron chi connectivity index (χ2n) is 4.39. The van der Waals surface area contributed by atoms with E-state index in [1.807, 2.05) is 0 Å². The summed E-state index contributed by atoms with van der Waals surface area (Å²) >= 11 is 0. The molecule has 76 valence electrons. The average molecular weight is 182 g/mol. The number of carbonyl (C=O) groups is 1. The van der Waals surface area contributed by atoms with Crippen LogP contribution in [0.2, 0.25) is 0 Å². The number of rotatable bonds is 5. The lowest BCUT2D eigenvalue weighted by atomic mass is 9.79. The quantitative estimate of drug-likeness (QED) is 0.469. The Kier molecular flexibility index (Phi) is 5.10. The van der Waals surface area contributed by atoms with Gasteiger partial charge in [0.15, 0.2) is 0 Å². The Hall–Kier alpha value is -0.330. The van der Waals surface area contributed by atoms with Gasteiger partial charge in [0.1, 0.15) is 6.29 Å². The molecule has 1 aliphatic rings. The van der Waals surface area contributed by atoms with Gasteiger partial charge < -0.3 is 4.79 Å². The molecule has 0 amide bonds. The maximum Gasteiger partial charge on any atom is 0.119 e. The number of unbranched alkanes of at least 4 members (excludes halogenated alkanes) is 1. The summed E-state index contributed by atoms with van der Waals surface area (Å²) in [5, 5.41) is 0. The Morgan fingerprint density at radius 1 is 1.15 bits per heavy atom. The van der Waals surface area contributed by atoms with E-state index in [1.165, 1.54) is 38.5 Å². The summed E-state index contributed by atoms with van der Waals surface area (Å²) in [5.41, 5.74) is 0. The van der Waals surface area contributed by atoms with Crippen LogP contribution in [0.5, 0.6) is 0 Å². The van der Waals surface area contributed by atoms with E-state index in [-0.39, 0.29) is 0 Å². The Balaban J connectivity index is 2.06. The molecule has 0 aromatic rings. The normalized spacial score (nSPS) is 28.7. The van der Waals surface area contributed by atoms with Gasteiger partial charge in [-0.25, -0.2) is 0 Å². The number of aldehydes is 1. The summed E-state index contributed by atoms with van der Waals surface area (Å²) < 4.78 is 0. The first-order valence-electron chi connectivity index (χ1n) is 5.80. The molecule has 1 heteroatoms. The first kappa shape index (κ1) is 10.7. The van der Waals surface area contributed by atoms with Crippen LogP contribution in [-0.4, -0.2) is 6.29 Å². The van der Waals surface area contributed by atoms with E-state index in [9.17, 15) is 4.79 Å². The molecule has 0 aromatic heterocycles. The van der Waals surface area contributed by atoms with Crippen LogP contribution < -0.4 is 0 Å². The third-order valence-electron chi connectivity index (χ3n) is 3.48. The van der Waals surface area contributed by atoms with Crippen LogP contribution >= 0.6 is 0 Å². The zero-order valence-corrected chi connectivity index (χ0v) is 8.80. The fourth-order valence-electron chi connectivity index (χ4n) is 2.42. The molecule has 13 heavy (non-hydrogen) atoms. The van der Waals surface area contributed by atoms with Crippen LogP contribution in [0.4, 0.5) is 0 Å². The van der Waals surface area contributed by atoms with Crippen molar-refractivity contribution < 1.29 is 4.79 Å². The minimum Gasteiger partial charge on any atom is -0.303 e. The van der Waals surface area contributed by atoms with E-state index < -0.39 is 0 Å². The van der Waals surface area contributed by atoms with Gasteiger partial charge >= 0.3 is 0 Å². The molecule has 1 fully saturated rings. The number of hydrogen-bond donors (Lipinski definition) is 0. The van der Waals surface area contributed by atoms with Crippen molar-refractivity contribution >= 4 is 6.29 Å². The predicted molar refractivity (Wildman–Crippen MR) is 55.7 cm³/mol. The highest BCUT2D eigenvalue weighted by atomic mass is 16.1. The smallest absolute Gasteiger partial charge is 0.119 e. The van der Waals surface area contributed by atoms with Crippen molar-refractivity contribution in [1.82, 2.24) is 0 Å². The van der Waals surface area contributed by atoms with E-state index in [0.29, 0.717) is 0 Å². The van der Waals surface area contributed by atoms with Crippen LogP contribution in [-0.2, 0) is 4.79 Å². The topological polar surface area (TPSA) is 17.1 Å². The molecule has 0 aliphatic heterocycles. The Morgan fingerprint density at radius 3 is 2.31 bits per heavy atom. The first-order chi connectivity index (χ1) is 6.36. The Bertz CT molecular complexity index is 134. The van der Waals surface area contributed by atoms with Crippen molar-refractivity contribution in [3.63, 3.8) is 0 Å².